The van der Waals surface area contributed by atoms with E-state index in [-0.39, 0.29) is 0 Å². The van der Waals surface area contributed by atoms with Crippen molar-refractivity contribution >= 4 is 17.2 Å². The van der Waals surface area contributed by atoms with Gasteiger partial charge in [0.15, 0.2) is 0 Å². The lowest BCUT2D eigenvalue weighted by Gasteiger charge is -2.39. The zero-order chi connectivity index (χ0) is 18.2. The monoisotopic (exact) mass is 359 g/mol. The van der Waals surface area contributed by atoms with Crippen LogP contribution in [0.4, 0.5) is 17.2 Å². The van der Waals surface area contributed by atoms with Gasteiger partial charge in [-0.1, -0.05) is 42.5 Å². The molecule has 2 aromatic heterocycles. The van der Waals surface area contributed by atoms with E-state index < -0.39 is 0 Å². The molecule has 4 heterocycles. The molecule has 0 amide bonds. The number of nitrogens with zero attached hydrogens (tertiary/aromatic N) is 3. The second-order valence-electron chi connectivity index (χ2n) is 7.88. The van der Waals surface area contributed by atoms with Gasteiger partial charge < -0.3 is 0 Å². The first-order chi connectivity index (χ1) is 13.9. The maximum absolute atomic E-state index is 4.82. The molecule has 0 fully saturated rings. The molecule has 0 bridgehead atoms. The van der Waals surface area contributed by atoms with Crippen LogP contribution in [0.3, 0.4) is 0 Å². The second kappa shape index (κ2) is 5.08. The lowest BCUT2D eigenvalue weighted by Crippen LogP contribution is -2.27. The summed E-state index contributed by atoms with van der Waals surface area (Å²) in [6.45, 7) is 0. The van der Waals surface area contributed by atoms with Gasteiger partial charge in [0.25, 0.3) is 0 Å². The Morgan fingerprint density at radius 3 is 2.43 bits per heavy atom. The highest BCUT2D eigenvalue weighted by atomic mass is 15.2. The van der Waals surface area contributed by atoms with Gasteiger partial charge in [-0.2, -0.15) is 0 Å². The van der Waals surface area contributed by atoms with Crippen molar-refractivity contribution in [3.05, 3.63) is 101 Å². The SMILES string of the molecule is c1ccc2c(c1)Cc1ccc3c(c1-2)N1c2ncccc2Cc2nccc(c21)C3. The summed E-state index contributed by atoms with van der Waals surface area (Å²) < 4.78 is 0. The number of anilines is 3. The second-order valence-corrected chi connectivity index (χ2v) is 7.88. The van der Waals surface area contributed by atoms with E-state index in [0.29, 0.717) is 0 Å². The molecule has 0 spiro atoms. The molecule has 0 radical (unpaired) electrons. The molecule has 2 aliphatic heterocycles. The summed E-state index contributed by atoms with van der Waals surface area (Å²) in [5.41, 5.74) is 13.3. The molecule has 4 aromatic rings. The summed E-state index contributed by atoms with van der Waals surface area (Å²) in [6.07, 6.45) is 6.68. The van der Waals surface area contributed by atoms with Crippen molar-refractivity contribution in [3.63, 3.8) is 0 Å². The highest BCUT2D eigenvalue weighted by Gasteiger charge is 2.36. The summed E-state index contributed by atoms with van der Waals surface area (Å²) >= 11 is 0. The highest BCUT2D eigenvalue weighted by molar-refractivity contribution is 5.98. The standard InChI is InChI=1S/C25H17N3/c1-2-6-20-15(4-1)12-16-7-8-17-13-18-9-11-26-21-14-19-5-3-10-27-25(19)28(23(18)21)24(17)22(16)20/h1-11H,12-14H2. The van der Waals surface area contributed by atoms with Crippen molar-refractivity contribution in [1.29, 1.82) is 0 Å². The highest BCUT2D eigenvalue weighted by Crippen LogP contribution is 2.54. The predicted molar refractivity (Wildman–Crippen MR) is 111 cm³/mol. The van der Waals surface area contributed by atoms with Gasteiger partial charge >= 0.3 is 0 Å². The number of fused-ring (bicyclic) bond motifs is 8. The largest absolute Gasteiger partial charge is 0.292 e. The minimum absolute atomic E-state index is 0.851. The van der Waals surface area contributed by atoms with Crippen molar-refractivity contribution in [2.24, 2.45) is 0 Å². The van der Waals surface area contributed by atoms with Gasteiger partial charge in [0, 0.05) is 36.4 Å². The van der Waals surface area contributed by atoms with Gasteiger partial charge in [-0.15, -0.1) is 0 Å². The molecule has 3 nitrogen and oxygen atoms in total. The van der Waals surface area contributed by atoms with E-state index in [1.54, 1.807) is 0 Å². The molecular formula is C25H17N3. The predicted octanol–water partition coefficient (Wildman–Crippen LogP) is 5.33. The molecule has 0 N–H and O–H groups in total. The Kier molecular flexibility index (Phi) is 2.64. The summed E-state index contributed by atoms with van der Waals surface area (Å²) in [4.78, 5) is 12.0. The summed E-state index contributed by atoms with van der Waals surface area (Å²) in [5, 5.41) is 0. The average Bonchev–Trinajstić information content (AvgIpc) is 3.12. The molecule has 0 atom stereocenters. The first-order valence-corrected chi connectivity index (χ1v) is 9.82. The van der Waals surface area contributed by atoms with E-state index in [1.165, 1.54) is 50.3 Å². The van der Waals surface area contributed by atoms with E-state index in [4.69, 9.17) is 9.97 Å². The Bertz CT molecular complexity index is 1290. The summed E-state index contributed by atoms with van der Waals surface area (Å²) in [7, 11) is 0. The first kappa shape index (κ1) is 14.6. The minimum Gasteiger partial charge on any atom is -0.292 e. The Labute approximate surface area is 163 Å². The number of hydrogen-bond donors (Lipinski definition) is 0. The quantitative estimate of drug-likeness (QED) is 0.367. The van der Waals surface area contributed by atoms with Crippen LogP contribution in [0.25, 0.3) is 11.1 Å². The molecule has 28 heavy (non-hydrogen) atoms. The molecule has 0 unspecified atom stereocenters. The van der Waals surface area contributed by atoms with Crippen LogP contribution in [-0.2, 0) is 19.3 Å². The maximum Gasteiger partial charge on any atom is 0.141 e. The van der Waals surface area contributed by atoms with Gasteiger partial charge in [0.05, 0.1) is 17.1 Å². The van der Waals surface area contributed by atoms with Crippen LogP contribution >= 0.6 is 0 Å². The van der Waals surface area contributed by atoms with Crippen molar-refractivity contribution in [3.8, 4) is 11.1 Å². The van der Waals surface area contributed by atoms with Gasteiger partial charge in [0.1, 0.15) is 5.82 Å². The molecule has 1 aliphatic carbocycles. The zero-order valence-corrected chi connectivity index (χ0v) is 15.3. The number of pyridine rings is 2. The fourth-order valence-corrected chi connectivity index (χ4v) is 5.21. The summed E-state index contributed by atoms with van der Waals surface area (Å²) in [6, 6.07) is 19.9. The van der Waals surface area contributed by atoms with Crippen LogP contribution in [-0.4, -0.2) is 9.97 Å². The molecule has 7 rings (SSSR count). The maximum atomic E-state index is 4.82. The Morgan fingerprint density at radius 1 is 0.607 bits per heavy atom. The number of benzene rings is 2. The molecular weight excluding hydrogens is 342 g/mol. The normalized spacial score (nSPS) is 14.6. The minimum atomic E-state index is 0.851. The first-order valence-electron chi connectivity index (χ1n) is 9.82. The van der Waals surface area contributed by atoms with Crippen LogP contribution < -0.4 is 4.90 Å². The van der Waals surface area contributed by atoms with Crippen molar-refractivity contribution in [1.82, 2.24) is 9.97 Å². The van der Waals surface area contributed by atoms with E-state index in [1.807, 2.05) is 18.5 Å². The van der Waals surface area contributed by atoms with Gasteiger partial charge in [-0.3, -0.25) is 9.88 Å². The molecule has 3 aliphatic rings. The number of hydrogen-bond acceptors (Lipinski definition) is 3. The van der Waals surface area contributed by atoms with Crippen LogP contribution in [0, 0.1) is 0 Å². The van der Waals surface area contributed by atoms with Gasteiger partial charge in [-0.05, 0) is 46.4 Å². The smallest absolute Gasteiger partial charge is 0.141 e. The van der Waals surface area contributed by atoms with Crippen LogP contribution in [0.15, 0.2) is 67.0 Å². The lowest BCUT2D eigenvalue weighted by molar-refractivity contribution is 0.939. The van der Waals surface area contributed by atoms with Crippen molar-refractivity contribution in [2.75, 3.05) is 4.90 Å². The van der Waals surface area contributed by atoms with Crippen molar-refractivity contribution < 1.29 is 0 Å². The molecule has 2 aromatic carbocycles. The third kappa shape index (κ3) is 1.74. The number of aromatic nitrogens is 2. The van der Waals surface area contributed by atoms with Gasteiger partial charge in [0.2, 0.25) is 0 Å². The Morgan fingerprint density at radius 2 is 1.43 bits per heavy atom. The van der Waals surface area contributed by atoms with Crippen LogP contribution in [0.1, 0.15) is 33.5 Å². The van der Waals surface area contributed by atoms with Crippen molar-refractivity contribution in [2.45, 2.75) is 19.3 Å². The Balaban J connectivity index is 1.60. The third-order valence-electron chi connectivity index (χ3n) is 6.36. The fraction of sp³-hybridized carbons (Fsp3) is 0.120. The molecule has 3 heteroatoms. The third-order valence-corrected chi connectivity index (χ3v) is 6.36. The fourth-order valence-electron chi connectivity index (χ4n) is 5.21. The van der Waals surface area contributed by atoms with Crippen LogP contribution in [0.2, 0.25) is 0 Å². The topological polar surface area (TPSA) is 29.0 Å². The Hall–Kier alpha value is -3.46. The number of rotatable bonds is 0. The zero-order valence-electron chi connectivity index (χ0n) is 15.3. The van der Waals surface area contributed by atoms with E-state index >= 15 is 0 Å². The molecule has 0 saturated heterocycles. The van der Waals surface area contributed by atoms with E-state index in [9.17, 15) is 0 Å². The van der Waals surface area contributed by atoms with Crippen LogP contribution in [0.5, 0.6) is 0 Å². The van der Waals surface area contributed by atoms with E-state index in [0.717, 1.165) is 30.8 Å². The molecule has 0 saturated carbocycles. The van der Waals surface area contributed by atoms with Gasteiger partial charge in [-0.25, -0.2) is 4.98 Å². The summed E-state index contributed by atoms with van der Waals surface area (Å²) in [5.74, 6) is 1.06. The van der Waals surface area contributed by atoms with E-state index in [2.05, 4.69) is 53.4 Å². The molecule has 132 valence electrons. The lowest BCUT2D eigenvalue weighted by atomic mass is 9.87. The average molecular weight is 359 g/mol.